The first-order valence-corrected chi connectivity index (χ1v) is 11.7. The van der Waals surface area contributed by atoms with Crippen molar-refractivity contribution in [3.05, 3.63) is 52.6 Å². The minimum absolute atomic E-state index is 0.286. The van der Waals surface area contributed by atoms with Crippen LogP contribution in [0.2, 0.25) is 5.02 Å². The molecule has 1 aliphatic heterocycles. The lowest BCUT2D eigenvalue weighted by Crippen LogP contribution is -2.35. The fraction of sp³-hybridized carbons (Fsp3) is 0.318. The molecule has 164 valence electrons. The number of aromatic nitrogens is 4. The lowest BCUT2D eigenvalue weighted by Gasteiger charge is -2.30. The number of benzene rings is 1. The maximum Gasteiger partial charge on any atom is 0.223 e. The van der Waals surface area contributed by atoms with Gasteiger partial charge in [0.2, 0.25) is 5.95 Å². The van der Waals surface area contributed by atoms with Crippen molar-refractivity contribution < 1.29 is 4.79 Å². The Bertz CT molecular complexity index is 1180. The van der Waals surface area contributed by atoms with E-state index in [1.54, 1.807) is 36.3 Å². The summed E-state index contributed by atoms with van der Waals surface area (Å²) >= 11 is 8.15. The van der Waals surface area contributed by atoms with E-state index >= 15 is 0 Å². The van der Waals surface area contributed by atoms with Crippen LogP contribution in [0.4, 0.5) is 5.95 Å². The highest BCUT2D eigenvalue weighted by molar-refractivity contribution is 7.96. The van der Waals surface area contributed by atoms with Crippen molar-refractivity contribution in [3.8, 4) is 23.1 Å². The Morgan fingerprint density at radius 3 is 2.75 bits per heavy atom. The normalized spacial score (nSPS) is 14.8. The minimum Gasteiger partial charge on any atom is -0.351 e. The molecule has 10 heteroatoms. The minimum atomic E-state index is 0.286. The van der Waals surface area contributed by atoms with E-state index in [4.69, 9.17) is 11.6 Å². The average molecular weight is 468 g/mol. The Hall–Kier alpha value is -2.93. The van der Waals surface area contributed by atoms with Gasteiger partial charge in [-0.3, -0.25) is 9.10 Å². The van der Waals surface area contributed by atoms with Crippen LogP contribution in [-0.2, 0) is 0 Å². The first kappa shape index (κ1) is 22.3. The highest BCUT2D eigenvalue weighted by Gasteiger charge is 2.21. The number of hydrogen-bond donors (Lipinski definition) is 1. The molecule has 0 radical (unpaired) electrons. The third kappa shape index (κ3) is 4.63. The fourth-order valence-corrected chi connectivity index (χ4v) is 4.57. The molecule has 1 N–H and O–H groups in total. The zero-order valence-electron chi connectivity index (χ0n) is 17.7. The van der Waals surface area contributed by atoms with Crippen LogP contribution in [0.15, 0.2) is 30.6 Å². The molecule has 1 aromatic carbocycles. The predicted octanol–water partition coefficient (Wildman–Crippen LogP) is 4.13. The molecule has 4 rings (SSSR count). The molecule has 2 aromatic heterocycles. The van der Waals surface area contributed by atoms with Gasteiger partial charge < -0.3 is 9.88 Å². The van der Waals surface area contributed by atoms with Crippen LogP contribution >= 0.6 is 23.5 Å². The standard InChI is InChI=1S/C22H22ClN7OS/c1-14-26-19(12-30(14)20-4-3-15(13-31)9-18(20)23)21-16(10-24)11-25-22(28-21)27-17-5-7-29(32-2)8-6-17/h3-4,9,11-13,17H,5-8H2,1-2H3,(H,25,27,28). The summed E-state index contributed by atoms with van der Waals surface area (Å²) in [6.07, 6.45) is 8.17. The SMILES string of the molecule is CSN1CCC(Nc2ncc(C#N)c(-c3cn(-c4ccc(C=O)cc4Cl)c(C)n3)n2)CC1. The van der Waals surface area contributed by atoms with Crippen LogP contribution in [0.5, 0.6) is 0 Å². The van der Waals surface area contributed by atoms with E-state index in [0.717, 1.165) is 32.2 Å². The molecule has 8 nitrogen and oxygen atoms in total. The molecule has 0 saturated carbocycles. The molecular formula is C22H22ClN7OS. The summed E-state index contributed by atoms with van der Waals surface area (Å²) in [6, 6.07) is 7.52. The van der Waals surface area contributed by atoms with Crippen LogP contribution in [0.25, 0.3) is 17.1 Å². The molecule has 0 amide bonds. The van der Waals surface area contributed by atoms with Crippen LogP contribution in [-0.4, -0.2) is 55.5 Å². The molecule has 3 heterocycles. The van der Waals surface area contributed by atoms with Gasteiger partial charge in [-0.1, -0.05) is 23.5 Å². The monoisotopic (exact) mass is 467 g/mol. The number of carbonyl (C=O) groups is 1. The highest BCUT2D eigenvalue weighted by atomic mass is 35.5. The molecule has 0 unspecified atom stereocenters. The number of anilines is 1. The van der Waals surface area contributed by atoms with E-state index < -0.39 is 0 Å². The molecule has 32 heavy (non-hydrogen) atoms. The molecule has 1 aliphatic rings. The van der Waals surface area contributed by atoms with Gasteiger partial charge in [0.15, 0.2) is 0 Å². The summed E-state index contributed by atoms with van der Waals surface area (Å²) < 4.78 is 4.16. The second-order valence-corrected chi connectivity index (χ2v) is 8.76. The number of aldehydes is 1. The van der Waals surface area contributed by atoms with Crippen molar-refractivity contribution >= 4 is 35.8 Å². The second kappa shape index (κ2) is 9.69. The van der Waals surface area contributed by atoms with Crippen molar-refractivity contribution in [1.29, 1.82) is 5.26 Å². The number of aryl methyl sites for hydroxylation is 1. The van der Waals surface area contributed by atoms with Gasteiger partial charge >= 0.3 is 0 Å². The van der Waals surface area contributed by atoms with Crippen LogP contribution in [0.3, 0.4) is 0 Å². The zero-order chi connectivity index (χ0) is 22.7. The summed E-state index contributed by atoms with van der Waals surface area (Å²) in [5, 5.41) is 13.4. The molecule has 1 fully saturated rings. The van der Waals surface area contributed by atoms with Gasteiger partial charge in [0.1, 0.15) is 29.6 Å². The lowest BCUT2D eigenvalue weighted by atomic mass is 10.1. The van der Waals surface area contributed by atoms with Crippen molar-refractivity contribution in [2.75, 3.05) is 24.7 Å². The topological polar surface area (TPSA) is 99.7 Å². The number of halogens is 1. The lowest BCUT2D eigenvalue weighted by molar-refractivity contribution is 0.112. The Morgan fingerprint density at radius 1 is 1.31 bits per heavy atom. The number of hydrogen-bond acceptors (Lipinski definition) is 8. The first-order valence-electron chi connectivity index (χ1n) is 10.2. The van der Waals surface area contributed by atoms with Crippen molar-refractivity contribution in [2.24, 2.45) is 0 Å². The third-order valence-electron chi connectivity index (χ3n) is 5.45. The van der Waals surface area contributed by atoms with Gasteiger partial charge in [0.05, 0.1) is 22.5 Å². The third-order valence-corrected chi connectivity index (χ3v) is 6.63. The van der Waals surface area contributed by atoms with Crippen molar-refractivity contribution in [3.63, 3.8) is 0 Å². The average Bonchev–Trinajstić information content (AvgIpc) is 3.20. The quantitative estimate of drug-likeness (QED) is 0.426. The smallest absolute Gasteiger partial charge is 0.223 e. The number of nitrogens with zero attached hydrogens (tertiary/aromatic N) is 6. The van der Waals surface area contributed by atoms with Gasteiger partial charge in [-0.2, -0.15) is 5.26 Å². The maximum atomic E-state index is 11.0. The van der Waals surface area contributed by atoms with Crippen molar-refractivity contribution in [2.45, 2.75) is 25.8 Å². The summed E-state index contributed by atoms with van der Waals surface area (Å²) in [4.78, 5) is 24.6. The fourth-order valence-electron chi connectivity index (χ4n) is 3.72. The second-order valence-electron chi connectivity index (χ2n) is 7.47. The molecular weight excluding hydrogens is 446 g/mol. The maximum absolute atomic E-state index is 11.0. The number of nitrogens with one attached hydrogen (secondary N) is 1. The van der Waals surface area contributed by atoms with Crippen molar-refractivity contribution in [1.82, 2.24) is 23.8 Å². The van der Waals surface area contributed by atoms with Gasteiger partial charge in [-0.25, -0.2) is 15.0 Å². The molecule has 0 aliphatic carbocycles. The summed E-state index contributed by atoms with van der Waals surface area (Å²) in [7, 11) is 0. The molecule has 0 atom stereocenters. The summed E-state index contributed by atoms with van der Waals surface area (Å²) in [5.74, 6) is 1.17. The van der Waals surface area contributed by atoms with E-state index in [2.05, 4.69) is 36.9 Å². The number of rotatable bonds is 6. The number of imidazole rings is 1. The van der Waals surface area contributed by atoms with E-state index in [0.29, 0.717) is 45.0 Å². The summed E-state index contributed by atoms with van der Waals surface area (Å²) in [6.45, 7) is 3.86. The molecule has 1 saturated heterocycles. The van der Waals surface area contributed by atoms with E-state index in [1.165, 1.54) is 6.20 Å². The van der Waals surface area contributed by atoms with E-state index in [1.807, 2.05) is 11.5 Å². The van der Waals surface area contributed by atoms with Gasteiger partial charge in [-0.15, -0.1) is 0 Å². The Labute approximate surface area is 195 Å². The zero-order valence-corrected chi connectivity index (χ0v) is 19.3. The largest absolute Gasteiger partial charge is 0.351 e. The Kier molecular flexibility index (Phi) is 6.74. The molecule has 3 aromatic rings. The van der Waals surface area contributed by atoms with Crippen LogP contribution in [0, 0.1) is 18.3 Å². The number of nitriles is 1. The van der Waals surface area contributed by atoms with Crippen LogP contribution < -0.4 is 5.32 Å². The predicted molar refractivity (Wildman–Crippen MR) is 126 cm³/mol. The van der Waals surface area contributed by atoms with Gasteiger partial charge in [-0.05, 0) is 44.2 Å². The first-order chi connectivity index (χ1) is 15.5. The molecule has 0 bridgehead atoms. The van der Waals surface area contributed by atoms with E-state index in [9.17, 15) is 10.1 Å². The van der Waals surface area contributed by atoms with Crippen LogP contribution in [0.1, 0.15) is 34.6 Å². The van der Waals surface area contributed by atoms with Gasteiger partial charge in [0, 0.05) is 30.9 Å². The number of piperidine rings is 1. The van der Waals surface area contributed by atoms with E-state index in [-0.39, 0.29) is 6.04 Å². The Morgan fingerprint density at radius 2 is 2.09 bits per heavy atom. The van der Waals surface area contributed by atoms with Gasteiger partial charge in [0.25, 0.3) is 0 Å². The molecule has 0 spiro atoms. The summed E-state index contributed by atoms with van der Waals surface area (Å²) in [5.41, 5.74) is 2.56. The number of carbonyl (C=O) groups excluding carboxylic acids is 1. The Balaban J connectivity index is 1.63. The highest BCUT2D eigenvalue weighted by Crippen LogP contribution is 2.28.